The minimum atomic E-state index is -0.385. The molecule has 138 valence electrons. The molecule has 0 unspecified atom stereocenters. The highest BCUT2D eigenvalue weighted by atomic mass is 19.1. The van der Waals surface area contributed by atoms with Gasteiger partial charge in [-0.15, -0.1) is 0 Å². The van der Waals surface area contributed by atoms with E-state index in [1.54, 1.807) is 18.2 Å². The van der Waals surface area contributed by atoms with Gasteiger partial charge in [-0.1, -0.05) is 44.2 Å². The van der Waals surface area contributed by atoms with Crippen LogP contribution in [0.25, 0.3) is 0 Å². The molecule has 0 fully saturated rings. The molecule has 1 heterocycles. The molecular weight excluding hydrogens is 343 g/mol. The second-order valence-corrected chi connectivity index (χ2v) is 6.00. The van der Waals surface area contributed by atoms with E-state index in [-0.39, 0.29) is 17.4 Å². The highest BCUT2D eigenvalue weighted by molar-refractivity contribution is 6.03. The minimum Gasteiger partial charge on any atom is -0.337 e. The predicted molar refractivity (Wildman–Crippen MR) is 105 cm³/mol. The lowest BCUT2D eigenvalue weighted by Crippen LogP contribution is -2.16. The van der Waals surface area contributed by atoms with Crippen molar-refractivity contribution in [2.24, 2.45) is 0 Å². The van der Waals surface area contributed by atoms with Crippen LogP contribution in [0.1, 0.15) is 35.5 Å². The van der Waals surface area contributed by atoms with Gasteiger partial charge in [0.2, 0.25) is 0 Å². The average molecular weight is 364 g/mol. The van der Waals surface area contributed by atoms with Gasteiger partial charge in [-0.25, -0.2) is 14.4 Å². The van der Waals surface area contributed by atoms with Crippen LogP contribution in [-0.2, 0) is 12.8 Å². The number of carbonyl (C=O) groups is 1. The summed E-state index contributed by atoms with van der Waals surface area (Å²) in [4.78, 5) is 20.9. The molecule has 6 heteroatoms. The van der Waals surface area contributed by atoms with E-state index >= 15 is 0 Å². The van der Waals surface area contributed by atoms with Crippen LogP contribution in [0.2, 0.25) is 0 Å². The van der Waals surface area contributed by atoms with Crippen molar-refractivity contribution >= 4 is 23.1 Å². The van der Waals surface area contributed by atoms with Crippen molar-refractivity contribution in [1.82, 2.24) is 9.97 Å². The van der Waals surface area contributed by atoms with Crippen LogP contribution in [0.4, 0.5) is 21.6 Å². The molecule has 1 aromatic heterocycles. The molecule has 3 aromatic rings. The van der Waals surface area contributed by atoms with Crippen molar-refractivity contribution in [3.63, 3.8) is 0 Å². The molecule has 0 saturated carbocycles. The third kappa shape index (κ3) is 4.28. The zero-order valence-corrected chi connectivity index (χ0v) is 15.3. The first-order valence-electron chi connectivity index (χ1n) is 8.88. The highest BCUT2D eigenvalue weighted by Crippen LogP contribution is 2.23. The van der Waals surface area contributed by atoms with Crippen molar-refractivity contribution in [1.29, 1.82) is 0 Å². The summed E-state index contributed by atoms with van der Waals surface area (Å²) < 4.78 is 13.7. The van der Waals surface area contributed by atoms with Gasteiger partial charge >= 0.3 is 0 Å². The van der Waals surface area contributed by atoms with Crippen molar-refractivity contribution in [3.05, 3.63) is 77.5 Å². The first-order chi connectivity index (χ1) is 13.1. The number of hydrogen-bond acceptors (Lipinski definition) is 4. The van der Waals surface area contributed by atoms with Gasteiger partial charge in [0.05, 0.1) is 18.1 Å². The van der Waals surface area contributed by atoms with Gasteiger partial charge < -0.3 is 10.6 Å². The summed E-state index contributed by atoms with van der Waals surface area (Å²) in [7, 11) is 0. The van der Waals surface area contributed by atoms with E-state index in [1.165, 1.54) is 18.5 Å². The number of hydrogen-bond donors (Lipinski definition) is 2. The van der Waals surface area contributed by atoms with E-state index in [4.69, 9.17) is 0 Å². The Hall–Kier alpha value is -3.28. The van der Waals surface area contributed by atoms with Crippen molar-refractivity contribution < 1.29 is 9.18 Å². The quantitative estimate of drug-likeness (QED) is 0.663. The van der Waals surface area contributed by atoms with E-state index in [0.717, 1.165) is 29.7 Å². The molecular formula is C21H21FN4O. The number of rotatable bonds is 6. The SMILES string of the molecule is CCc1cccc(CC)c1NC(=O)c1cnc(Nc2ccccc2F)cn1. The molecule has 1 amide bonds. The maximum Gasteiger partial charge on any atom is 0.275 e. The van der Waals surface area contributed by atoms with E-state index in [2.05, 4.69) is 20.6 Å². The fourth-order valence-electron chi connectivity index (χ4n) is 2.79. The Morgan fingerprint density at radius 2 is 1.67 bits per heavy atom. The molecule has 0 aliphatic rings. The molecule has 0 bridgehead atoms. The number of halogens is 1. The molecule has 2 N–H and O–H groups in total. The Morgan fingerprint density at radius 1 is 0.963 bits per heavy atom. The Morgan fingerprint density at radius 3 is 2.26 bits per heavy atom. The van der Waals surface area contributed by atoms with Gasteiger partial charge in [-0.2, -0.15) is 0 Å². The van der Waals surface area contributed by atoms with Gasteiger partial charge in [0, 0.05) is 5.69 Å². The first kappa shape index (κ1) is 18.5. The van der Waals surface area contributed by atoms with Crippen LogP contribution in [-0.4, -0.2) is 15.9 Å². The lowest BCUT2D eigenvalue weighted by molar-refractivity contribution is 0.102. The molecule has 0 spiro atoms. The Balaban J connectivity index is 1.76. The van der Waals surface area contributed by atoms with Crippen molar-refractivity contribution in [3.8, 4) is 0 Å². The largest absolute Gasteiger partial charge is 0.337 e. The highest BCUT2D eigenvalue weighted by Gasteiger charge is 2.13. The maximum atomic E-state index is 13.7. The van der Waals surface area contributed by atoms with Gasteiger partial charge in [0.25, 0.3) is 5.91 Å². The molecule has 0 aliphatic carbocycles. The monoisotopic (exact) mass is 364 g/mol. The number of carbonyl (C=O) groups excluding carboxylic acids is 1. The second-order valence-electron chi connectivity index (χ2n) is 6.00. The summed E-state index contributed by atoms with van der Waals surface area (Å²) in [5, 5.41) is 5.80. The number of amides is 1. The lowest BCUT2D eigenvalue weighted by atomic mass is 10.0. The summed E-state index contributed by atoms with van der Waals surface area (Å²) in [6, 6.07) is 12.3. The van der Waals surface area contributed by atoms with Crippen LogP contribution in [0, 0.1) is 5.82 Å². The van der Waals surface area contributed by atoms with Gasteiger partial charge in [-0.05, 0) is 36.1 Å². The first-order valence-corrected chi connectivity index (χ1v) is 8.88. The summed E-state index contributed by atoms with van der Waals surface area (Å²) in [6.45, 7) is 4.10. The third-order valence-electron chi connectivity index (χ3n) is 4.26. The van der Waals surface area contributed by atoms with Crippen molar-refractivity contribution in [2.45, 2.75) is 26.7 Å². The number of benzene rings is 2. The molecule has 5 nitrogen and oxygen atoms in total. The van der Waals surface area contributed by atoms with Crippen LogP contribution in [0.3, 0.4) is 0 Å². The summed E-state index contributed by atoms with van der Waals surface area (Å²) >= 11 is 0. The number of aromatic nitrogens is 2. The van der Waals surface area contributed by atoms with E-state index in [9.17, 15) is 9.18 Å². The summed E-state index contributed by atoms with van der Waals surface area (Å²) in [6.07, 6.45) is 4.42. The molecule has 0 radical (unpaired) electrons. The topological polar surface area (TPSA) is 66.9 Å². The Bertz CT molecular complexity index is 919. The minimum absolute atomic E-state index is 0.196. The average Bonchev–Trinajstić information content (AvgIpc) is 2.70. The van der Waals surface area contributed by atoms with Gasteiger partial charge in [0.15, 0.2) is 0 Å². The zero-order chi connectivity index (χ0) is 19.2. The lowest BCUT2D eigenvalue weighted by Gasteiger charge is -2.14. The summed E-state index contributed by atoms with van der Waals surface area (Å²) in [5.74, 6) is -0.347. The van der Waals surface area contributed by atoms with E-state index in [0.29, 0.717) is 11.5 Å². The van der Waals surface area contributed by atoms with E-state index < -0.39 is 0 Å². The molecule has 0 saturated heterocycles. The smallest absolute Gasteiger partial charge is 0.275 e. The van der Waals surface area contributed by atoms with Crippen LogP contribution < -0.4 is 10.6 Å². The fraction of sp³-hybridized carbons (Fsp3) is 0.190. The van der Waals surface area contributed by atoms with Crippen LogP contribution in [0.15, 0.2) is 54.9 Å². The maximum absolute atomic E-state index is 13.7. The number of para-hydroxylation sites is 2. The standard InChI is InChI=1S/C21H21FN4O/c1-3-14-8-7-9-15(4-2)20(14)26-21(27)18-12-24-19(13-23-18)25-17-11-6-5-10-16(17)22/h5-13H,3-4H2,1-2H3,(H,24,25)(H,26,27). The molecule has 27 heavy (non-hydrogen) atoms. The van der Waals surface area contributed by atoms with E-state index in [1.807, 2.05) is 32.0 Å². The third-order valence-corrected chi connectivity index (χ3v) is 4.26. The Kier molecular flexibility index (Phi) is 5.76. The Labute approximate surface area is 157 Å². The van der Waals surface area contributed by atoms with Crippen LogP contribution in [0.5, 0.6) is 0 Å². The molecule has 0 atom stereocenters. The fourth-order valence-corrected chi connectivity index (χ4v) is 2.79. The van der Waals surface area contributed by atoms with Gasteiger partial charge in [0.1, 0.15) is 17.3 Å². The number of nitrogens with zero attached hydrogens (tertiary/aromatic N) is 2. The van der Waals surface area contributed by atoms with Crippen LogP contribution >= 0.6 is 0 Å². The molecule has 2 aromatic carbocycles. The van der Waals surface area contributed by atoms with Gasteiger partial charge in [-0.3, -0.25) is 4.79 Å². The second kappa shape index (κ2) is 8.40. The summed E-state index contributed by atoms with van der Waals surface area (Å²) in [5.41, 5.74) is 3.49. The molecule has 0 aliphatic heterocycles. The number of aryl methyl sites for hydroxylation is 2. The number of nitrogens with one attached hydrogen (secondary N) is 2. The predicted octanol–water partition coefficient (Wildman–Crippen LogP) is 4.74. The number of anilines is 3. The zero-order valence-electron chi connectivity index (χ0n) is 15.3. The normalized spacial score (nSPS) is 10.5. The molecule has 3 rings (SSSR count). The van der Waals surface area contributed by atoms with Crippen molar-refractivity contribution in [2.75, 3.05) is 10.6 Å².